The van der Waals surface area contributed by atoms with Gasteiger partial charge in [-0.15, -0.1) is 5.10 Å². The maximum absolute atomic E-state index is 12.2. The summed E-state index contributed by atoms with van der Waals surface area (Å²) in [7, 11) is 0. The summed E-state index contributed by atoms with van der Waals surface area (Å²) in [6.07, 6.45) is 2.19. The maximum Gasteiger partial charge on any atom is 0.273 e. The molecule has 1 aliphatic heterocycles. The number of nitrogens with one attached hydrogen (secondary N) is 1. The third-order valence-corrected chi connectivity index (χ3v) is 3.89. The van der Waals surface area contributed by atoms with Gasteiger partial charge < -0.3 is 10.1 Å². The lowest BCUT2D eigenvalue weighted by Crippen LogP contribution is -2.32. The first-order chi connectivity index (χ1) is 10.7. The number of carbonyl (C=O) groups is 1. The summed E-state index contributed by atoms with van der Waals surface area (Å²) in [5.41, 5.74) is 2.28. The number of nitrogens with zero attached hydrogens (tertiary/aromatic N) is 3. The Hall–Kier alpha value is -2.21. The molecule has 22 heavy (non-hydrogen) atoms. The van der Waals surface area contributed by atoms with Crippen LogP contribution in [0.15, 0.2) is 30.3 Å². The summed E-state index contributed by atoms with van der Waals surface area (Å²) >= 11 is 0. The van der Waals surface area contributed by atoms with Crippen LogP contribution in [-0.4, -0.2) is 40.2 Å². The lowest BCUT2D eigenvalue weighted by Gasteiger charge is -2.10. The predicted octanol–water partition coefficient (Wildman–Crippen LogP) is 1.54. The van der Waals surface area contributed by atoms with Gasteiger partial charge in [-0.05, 0) is 25.3 Å². The highest BCUT2D eigenvalue weighted by Gasteiger charge is 2.20. The van der Waals surface area contributed by atoms with Crippen LogP contribution in [0.1, 0.15) is 34.6 Å². The highest BCUT2D eigenvalue weighted by molar-refractivity contribution is 5.93. The summed E-state index contributed by atoms with van der Waals surface area (Å²) in [5, 5.41) is 11.0. The van der Waals surface area contributed by atoms with E-state index in [4.69, 9.17) is 4.74 Å². The minimum Gasteiger partial charge on any atom is -0.376 e. The molecule has 2 aromatic rings. The van der Waals surface area contributed by atoms with E-state index in [1.54, 1.807) is 4.68 Å². The summed E-state index contributed by atoms with van der Waals surface area (Å²) in [6, 6.07) is 9.99. The summed E-state index contributed by atoms with van der Waals surface area (Å²) in [4.78, 5) is 12.2. The molecular weight excluding hydrogens is 280 g/mol. The van der Waals surface area contributed by atoms with Gasteiger partial charge in [0, 0.05) is 13.2 Å². The minimum atomic E-state index is -0.188. The number of amides is 1. The standard InChI is InChI=1S/C16H20N4O2/c1-12-15(16(21)17-10-14-8-5-9-22-14)18-19-20(12)11-13-6-3-2-4-7-13/h2-4,6-7,14H,5,8-11H2,1H3,(H,17,21). The Morgan fingerprint density at radius 1 is 1.41 bits per heavy atom. The fourth-order valence-electron chi connectivity index (χ4n) is 2.57. The van der Waals surface area contributed by atoms with Crippen molar-refractivity contribution < 1.29 is 9.53 Å². The Bertz CT molecular complexity index is 633. The fourth-order valence-corrected chi connectivity index (χ4v) is 2.57. The molecule has 6 heteroatoms. The summed E-state index contributed by atoms with van der Waals surface area (Å²) in [6.45, 7) is 3.79. The number of benzene rings is 1. The third-order valence-electron chi connectivity index (χ3n) is 3.89. The second kappa shape index (κ2) is 6.70. The van der Waals surface area contributed by atoms with Crippen molar-refractivity contribution in [2.45, 2.75) is 32.4 Å². The molecule has 0 aliphatic carbocycles. The van der Waals surface area contributed by atoms with E-state index in [2.05, 4.69) is 15.6 Å². The molecule has 2 heterocycles. The molecule has 1 aromatic heterocycles. The first kappa shape index (κ1) is 14.7. The minimum absolute atomic E-state index is 0.128. The van der Waals surface area contributed by atoms with Crippen LogP contribution in [0.3, 0.4) is 0 Å². The Morgan fingerprint density at radius 2 is 2.23 bits per heavy atom. The van der Waals surface area contributed by atoms with Crippen molar-refractivity contribution in [1.29, 1.82) is 0 Å². The van der Waals surface area contributed by atoms with E-state index in [0.717, 1.165) is 30.7 Å². The van der Waals surface area contributed by atoms with Crippen molar-refractivity contribution in [1.82, 2.24) is 20.3 Å². The molecule has 1 N–H and O–H groups in total. The quantitative estimate of drug-likeness (QED) is 0.909. The van der Waals surface area contributed by atoms with Gasteiger partial charge in [-0.1, -0.05) is 35.5 Å². The summed E-state index contributed by atoms with van der Waals surface area (Å²) in [5.74, 6) is -0.188. The Kier molecular flexibility index (Phi) is 4.48. The molecule has 0 bridgehead atoms. The molecule has 1 unspecified atom stereocenters. The van der Waals surface area contributed by atoms with Crippen molar-refractivity contribution in [3.63, 3.8) is 0 Å². The molecule has 3 rings (SSSR count). The van der Waals surface area contributed by atoms with Gasteiger partial charge in [0.05, 0.1) is 18.3 Å². The molecule has 6 nitrogen and oxygen atoms in total. The number of ether oxygens (including phenoxy) is 1. The lowest BCUT2D eigenvalue weighted by molar-refractivity contribution is 0.0853. The van der Waals surface area contributed by atoms with Crippen LogP contribution in [0.5, 0.6) is 0 Å². The van der Waals surface area contributed by atoms with Gasteiger partial charge in [0.2, 0.25) is 0 Å². The van der Waals surface area contributed by atoms with E-state index in [-0.39, 0.29) is 12.0 Å². The van der Waals surface area contributed by atoms with Gasteiger partial charge in [0.15, 0.2) is 5.69 Å². The number of aromatic nitrogens is 3. The predicted molar refractivity (Wildman–Crippen MR) is 81.6 cm³/mol. The first-order valence-electron chi connectivity index (χ1n) is 7.58. The molecule has 0 spiro atoms. The van der Waals surface area contributed by atoms with Gasteiger partial charge >= 0.3 is 0 Å². The van der Waals surface area contributed by atoms with Crippen molar-refractivity contribution >= 4 is 5.91 Å². The first-order valence-corrected chi connectivity index (χ1v) is 7.58. The van der Waals surface area contributed by atoms with Crippen molar-refractivity contribution in [3.05, 3.63) is 47.3 Å². The van der Waals surface area contributed by atoms with Gasteiger partial charge in [-0.3, -0.25) is 4.79 Å². The fraction of sp³-hybridized carbons (Fsp3) is 0.438. The van der Waals surface area contributed by atoms with Crippen LogP contribution in [-0.2, 0) is 11.3 Å². The Morgan fingerprint density at radius 3 is 2.95 bits per heavy atom. The van der Waals surface area contributed by atoms with Gasteiger partial charge in [0.1, 0.15) is 0 Å². The second-order valence-electron chi connectivity index (χ2n) is 5.51. The second-order valence-corrected chi connectivity index (χ2v) is 5.51. The molecule has 1 aromatic carbocycles. The smallest absolute Gasteiger partial charge is 0.273 e. The molecule has 1 fully saturated rings. The lowest BCUT2D eigenvalue weighted by atomic mass is 10.2. The molecule has 1 amide bonds. The van der Waals surface area contributed by atoms with E-state index in [9.17, 15) is 4.79 Å². The highest BCUT2D eigenvalue weighted by Crippen LogP contribution is 2.11. The molecule has 1 saturated heterocycles. The zero-order chi connectivity index (χ0) is 15.4. The molecule has 116 valence electrons. The van der Waals surface area contributed by atoms with Gasteiger partial charge in [-0.2, -0.15) is 0 Å². The summed E-state index contributed by atoms with van der Waals surface area (Å²) < 4.78 is 7.24. The maximum atomic E-state index is 12.2. The van der Waals surface area contributed by atoms with Crippen molar-refractivity contribution in [2.24, 2.45) is 0 Å². The Balaban J connectivity index is 1.63. The monoisotopic (exact) mass is 300 g/mol. The Labute approximate surface area is 129 Å². The van der Waals surface area contributed by atoms with E-state index in [1.807, 2.05) is 37.3 Å². The van der Waals surface area contributed by atoms with Crippen LogP contribution >= 0.6 is 0 Å². The molecule has 1 aliphatic rings. The zero-order valence-corrected chi connectivity index (χ0v) is 12.7. The molecule has 1 atom stereocenters. The van der Waals surface area contributed by atoms with Gasteiger partial charge in [0.25, 0.3) is 5.91 Å². The van der Waals surface area contributed by atoms with E-state index in [1.165, 1.54) is 0 Å². The largest absolute Gasteiger partial charge is 0.376 e. The van der Waals surface area contributed by atoms with Crippen LogP contribution in [0.25, 0.3) is 0 Å². The molecular formula is C16H20N4O2. The van der Waals surface area contributed by atoms with E-state index in [0.29, 0.717) is 18.8 Å². The normalized spacial score (nSPS) is 17.6. The van der Waals surface area contributed by atoms with E-state index >= 15 is 0 Å². The van der Waals surface area contributed by atoms with E-state index < -0.39 is 0 Å². The highest BCUT2D eigenvalue weighted by atomic mass is 16.5. The number of rotatable bonds is 5. The van der Waals surface area contributed by atoms with Crippen LogP contribution in [0, 0.1) is 6.92 Å². The average Bonchev–Trinajstić information content (AvgIpc) is 3.17. The van der Waals surface area contributed by atoms with Crippen LogP contribution in [0.2, 0.25) is 0 Å². The van der Waals surface area contributed by atoms with Crippen LogP contribution < -0.4 is 5.32 Å². The van der Waals surface area contributed by atoms with Crippen molar-refractivity contribution in [2.75, 3.05) is 13.2 Å². The SMILES string of the molecule is Cc1c(C(=O)NCC2CCCO2)nnn1Cc1ccccc1. The number of hydrogen-bond donors (Lipinski definition) is 1. The van der Waals surface area contributed by atoms with Crippen LogP contribution in [0.4, 0.5) is 0 Å². The number of carbonyl (C=O) groups excluding carboxylic acids is 1. The average molecular weight is 300 g/mol. The zero-order valence-electron chi connectivity index (χ0n) is 12.7. The molecule has 0 radical (unpaired) electrons. The number of hydrogen-bond acceptors (Lipinski definition) is 4. The third kappa shape index (κ3) is 3.33. The molecule has 0 saturated carbocycles. The van der Waals surface area contributed by atoms with Crippen molar-refractivity contribution in [3.8, 4) is 0 Å². The topological polar surface area (TPSA) is 69.0 Å². The van der Waals surface area contributed by atoms with Gasteiger partial charge in [-0.25, -0.2) is 4.68 Å².